The maximum atomic E-state index is 13.5. The van der Waals surface area contributed by atoms with E-state index in [4.69, 9.17) is 9.84 Å². The van der Waals surface area contributed by atoms with E-state index in [-0.39, 0.29) is 12.5 Å². The number of halogens is 3. The normalized spacial score (nSPS) is 10.7. The van der Waals surface area contributed by atoms with E-state index < -0.39 is 34.7 Å². The van der Waals surface area contributed by atoms with Gasteiger partial charge < -0.3 is 9.84 Å². The summed E-state index contributed by atoms with van der Waals surface area (Å²) >= 11 is 0. The summed E-state index contributed by atoms with van der Waals surface area (Å²) in [6.45, 7) is 3.49. The highest BCUT2D eigenvalue weighted by Gasteiger charge is 2.24. The van der Waals surface area contributed by atoms with Gasteiger partial charge in [-0.1, -0.05) is 13.8 Å². The second-order valence-corrected chi connectivity index (χ2v) is 3.87. The number of hydrogen-bond acceptors (Lipinski definition) is 2. The number of aromatic carboxylic acids is 1. The molecule has 0 spiro atoms. The molecule has 3 nitrogen and oxygen atoms in total. The molecule has 0 heterocycles. The Balaban J connectivity index is 3.21. The molecule has 6 heteroatoms. The van der Waals surface area contributed by atoms with Gasteiger partial charge in [-0.2, -0.15) is 0 Å². The first kappa shape index (κ1) is 13.3. The molecule has 0 saturated heterocycles. The van der Waals surface area contributed by atoms with Gasteiger partial charge in [-0.3, -0.25) is 0 Å². The first-order chi connectivity index (χ1) is 7.84. The predicted octanol–water partition coefficient (Wildman–Crippen LogP) is 2.84. The number of benzene rings is 1. The van der Waals surface area contributed by atoms with E-state index in [1.54, 1.807) is 13.8 Å². The Hall–Kier alpha value is -1.72. The van der Waals surface area contributed by atoms with E-state index in [0.717, 1.165) is 0 Å². The molecule has 1 aromatic carbocycles. The Labute approximate surface area is 95.8 Å². The maximum Gasteiger partial charge on any atom is 0.341 e. The molecular weight excluding hydrogens is 237 g/mol. The molecule has 0 aromatic heterocycles. The number of ether oxygens (including phenoxy) is 1. The van der Waals surface area contributed by atoms with Crippen LogP contribution in [0.1, 0.15) is 24.2 Å². The summed E-state index contributed by atoms with van der Waals surface area (Å²) in [5.74, 6) is -6.94. The smallest absolute Gasteiger partial charge is 0.341 e. The average molecular weight is 248 g/mol. The van der Waals surface area contributed by atoms with Gasteiger partial charge >= 0.3 is 5.97 Å². The molecule has 0 bridgehead atoms. The summed E-state index contributed by atoms with van der Waals surface area (Å²) < 4.78 is 44.5. The highest BCUT2D eigenvalue weighted by atomic mass is 19.1. The van der Waals surface area contributed by atoms with Crippen LogP contribution in [0.25, 0.3) is 0 Å². The Kier molecular flexibility index (Phi) is 3.98. The van der Waals surface area contributed by atoms with Crippen molar-refractivity contribution in [3.8, 4) is 5.75 Å². The van der Waals surface area contributed by atoms with E-state index in [0.29, 0.717) is 6.07 Å². The second-order valence-electron chi connectivity index (χ2n) is 3.87. The molecule has 0 amide bonds. The molecular formula is C11H11F3O3. The van der Waals surface area contributed by atoms with Crippen molar-refractivity contribution in [2.75, 3.05) is 6.61 Å². The van der Waals surface area contributed by atoms with Gasteiger partial charge in [0.15, 0.2) is 17.4 Å². The fourth-order valence-corrected chi connectivity index (χ4v) is 1.15. The lowest BCUT2D eigenvalue weighted by atomic mass is 10.1. The van der Waals surface area contributed by atoms with Crippen LogP contribution in [0, 0.1) is 23.4 Å². The van der Waals surface area contributed by atoms with Gasteiger partial charge in [0, 0.05) is 6.07 Å². The van der Waals surface area contributed by atoms with Crippen LogP contribution in [-0.2, 0) is 0 Å². The Morgan fingerprint density at radius 1 is 1.35 bits per heavy atom. The van der Waals surface area contributed by atoms with E-state index in [9.17, 15) is 18.0 Å². The number of rotatable bonds is 4. The molecule has 1 aromatic rings. The first-order valence-corrected chi connectivity index (χ1v) is 4.88. The summed E-state index contributed by atoms with van der Waals surface area (Å²) in [4.78, 5) is 10.6. The van der Waals surface area contributed by atoms with Crippen LogP contribution in [0.5, 0.6) is 5.75 Å². The zero-order valence-electron chi connectivity index (χ0n) is 9.26. The molecule has 0 saturated carbocycles. The topological polar surface area (TPSA) is 46.5 Å². The molecule has 0 unspecified atom stereocenters. The number of hydrogen-bond donors (Lipinski definition) is 1. The van der Waals surface area contributed by atoms with E-state index >= 15 is 0 Å². The van der Waals surface area contributed by atoms with Crippen LogP contribution in [0.2, 0.25) is 0 Å². The third kappa shape index (κ3) is 2.89. The number of carboxylic acids is 1. The van der Waals surface area contributed by atoms with Crippen LogP contribution < -0.4 is 4.74 Å². The molecule has 1 rings (SSSR count). The minimum atomic E-state index is -1.81. The minimum absolute atomic E-state index is 0.00146. The van der Waals surface area contributed by atoms with E-state index in [2.05, 4.69) is 0 Å². The van der Waals surface area contributed by atoms with Crippen molar-refractivity contribution >= 4 is 5.97 Å². The van der Waals surface area contributed by atoms with Crippen molar-refractivity contribution < 1.29 is 27.8 Å². The fraction of sp³-hybridized carbons (Fsp3) is 0.364. The average Bonchev–Trinajstić information content (AvgIpc) is 2.14. The van der Waals surface area contributed by atoms with Gasteiger partial charge in [-0.15, -0.1) is 0 Å². The van der Waals surface area contributed by atoms with Crippen LogP contribution in [0.3, 0.4) is 0 Å². The van der Waals surface area contributed by atoms with Crippen LogP contribution >= 0.6 is 0 Å². The van der Waals surface area contributed by atoms with Crippen molar-refractivity contribution in [1.29, 1.82) is 0 Å². The predicted molar refractivity (Wildman–Crippen MR) is 53.6 cm³/mol. The summed E-state index contributed by atoms with van der Waals surface area (Å²) in [6, 6.07) is 0.294. The molecule has 17 heavy (non-hydrogen) atoms. The van der Waals surface area contributed by atoms with Gasteiger partial charge in [-0.05, 0) is 5.92 Å². The highest BCUT2D eigenvalue weighted by Crippen LogP contribution is 2.27. The Morgan fingerprint density at radius 2 is 1.94 bits per heavy atom. The molecule has 0 aliphatic rings. The summed E-state index contributed by atoms with van der Waals surface area (Å²) in [5, 5.41) is 8.58. The molecule has 0 radical (unpaired) electrons. The van der Waals surface area contributed by atoms with E-state index in [1.165, 1.54) is 0 Å². The van der Waals surface area contributed by atoms with Crippen LogP contribution in [-0.4, -0.2) is 17.7 Å². The van der Waals surface area contributed by atoms with Gasteiger partial charge in [0.2, 0.25) is 0 Å². The third-order valence-electron chi connectivity index (χ3n) is 1.90. The lowest BCUT2D eigenvalue weighted by Gasteiger charge is -2.12. The van der Waals surface area contributed by atoms with Crippen molar-refractivity contribution in [2.45, 2.75) is 13.8 Å². The molecule has 1 N–H and O–H groups in total. The van der Waals surface area contributed by atoms with Crippen LogP contribution in [0.15, 0.2) is 6.07 Å². The monoisotopic (exact) mass is 248 g/mol. The summed E-state index contributed by atoms with van der Waals surface area (Å²) in [7, 11) is 0. The van der Waals surface area contributed by atoms with Crippen molar-refractivity contribution in [3.05, 3.63) is 29.1 Å². The maximum absolute atomic E-state index is 13.5. The molecule has 0 atom stereocenters. The fourth-order valence-electron chi connectivity index (χ4n) is 1.15. The highest BCUT2D eigenvalue weighted by molar-refractivity contribution is 5.88. The molecule has 0 fully saturated rings. The third-order valence-corrected chi connectivity index (χ3v) is 1.90. The first-order valence-electron chi connectivity index (χ1n) is 4.88. The van der Waals surface area contributed by atoms with Gasteiger partial charge in [-0.25, -0.2) is 18.0 Å². The zero-order chi connectivity index (χ0) is 13.2. The lowest BCUT2D eigenvalue weighted by Crippen LogP contribution is -2.12. The standard InChI is InChI=1S/C11H11F3O3/c1-5(2)4-17-10-7(13)3-6(12)8(9(10)14)11(15)16/h3,5H,4H2,1-2H3,(H,15,16). The Morgan fingerprint density at radius 3 is 2.41 bits per heavy atom. The lowest BCUT2D eigenvalue weighted by molar-refractivity contribution is 0.0684. The van der Waals surface area contributed by atoms with Crippen molar-refractivity contribution in [3.63, 3.8) is 0 Å². The molecule has 0 aliphatic heterocycles. The number of carbonyl (C=O) groups is 1. The Bertz CT molecular complexity index is 444. The van der Waals surface area contributed by atoms with Crippen LogP contribution in [0.4, 0.5) is 13.2 Å². The van der Waals surface area contributed by atoms with Gasteiger partial charge in [0.05, 0.1) is 6.61 Å². The number of carboxylic acid groups (broad SMARTS) is 1. The largest absolute Gasteiger partial charge is 0.487 e. The van der Waals surface area contributed by atoms with E-state index in [1.807, 2.05) is 0 Å². The second kappa shape index (κ2) is 5.07. The molecule has 0 aliphatic carbocycles. The SMILES string of the molecule is CC(C)COc1c(F)cc(F)c(C(=O)O)c1F. The molecule has 94 valence electrons. The minimum Gasteiger partial charge on any atom is -0.487 e. The summed E-state index contributed by atoms with van der Waals surface area (Å²) in [5.41, 5.74) is -1.22. The van der Waals surface area contributed by atoms with Crippen molar-refractivity contribution in [1.82, 2.24) is 0 Å². The van der Waals surface area contributed by atoms with Gasteiger partial charge in [0.1, 0.15) is 11.4 Å². The zero-order valence-corrected chi connectivity index (χ0v) is 9.26. The summed E-state index contributed by atoms with van der Waals surface area (Å²) in [6.07, 6.45) is 0. The van der Waals surface area contributed by atoms with Gasteiger partial charge in [0.25, 0.3) is 0 Å². The quantitative estimate of drug-likeness (QED) is 0.891. The van der Waals surface area contributed by atoms with Crippen molar-refractivity contribution in [2.24, 2.45) is 5.92 Å².